The molecule has 33 heavy (non-hydrogen) atoms. The molecule has 0 spiro atoms. The van der Waals surface area contributed by atoms with E-state index in [0.29, 0.717) is 26.0 Å². The highest BCUT2D eigenvalue weighted by Gasteiger charge is 2.29. The van der Waals surface area contributed by atoms with Gasteiger partial charge in [0.1, 0.15) is 0 Å². The molecule has 4 rings (SSSR count). The molecule has 0 aliphatic carbocycles. The molecule has 0 aliphatic rings. The standard InChI is InChI=1S/C23H24F3N5OS/c1-32-13-20-21(15-5-9-19-16(10-15)11-29-31-19)33-22(30-20)28-12-18(27)8-4-14-2-6-17(7-3-14)23(24,25)26/h2-3,5-7,9-11,18H,4,8,12-13,27H2,1H3,(H,28,30)(H,29,31)/t18-/m0/s1. The topological polar surface area (TPSA) is 88.9 Å². The van der Waals surface area contributed by atoms with Crippen LogP contribution in [0.25, 0.3) is 21.3 Å². The third-order valence-corrected chi connectivity index (χ3v) is 6.39. The van der Waals surface area contributed by atoms with Crippen LogP contribution in [0.5, 0.6) is 0 Å². The van der Waals surface area contributed by atoms with Gasteiger partial charge in [0.25, 0.3) is 0 Å². The van der Waals surface area contributed by atoms with Crippen LogP contribution in [0, 0.1) is 0 Å². The SMILES string of the molecule is COCc1nc(NC[C@@H](N)CCc2ccc(C(F)(F)F)cc2)sc1-c1ccc2[nH]ncc2c1. The summed E-state index contributed by atoms with van der Waals surface area (Å²) in [7, 11) is 1.63. The number of nitrogens with two attached hydrogens (primary N) is 1. The lowest BCUT2D eigenvalue weighted by Crippen LogP contribution is -2.29. The minimum Gasteiger partial charge on any atom is -0.378 e. The number of ether oxygens (including phenoxy) is 1. The van der Waals surface area contributed by atoms with Crippen molar-refractivity contribution in [1.29, 1.82) is 0 Å². The molecule has 0 saturated heterocycles. The number of nitrogens with zero attached hydrogens (tertiary/aromatic N) is 2. The molecule has 0 aliphatic heterocycles. The summed E-state index contributed by atoms with van der Waals surface area (Å²) in [5.74, 6) is 0. The van der Waals surface area contributed by atoms with Gasteiger partial charge < -0.3 is 15.8 Å². The second kappa shape index (κ2) is 9.90. The molecule has 4 aromatic rings. The number of anilines is 1. The number of aromatic amines is 1. The van der Waals surface area contributed by atoms with Crippen LogP contribution in [-0.4, -0.2) is 34.9 Å². The van der Waals surface area contributed by atoms with E-state index in [-0.39, 0.29) is 6.04 Å². The van der Waals surface area contributed by atoms with Crippen LogP contribution in [0.3, 0.4) is 0 Å². The van der Waals surface area contributed by atoms with Crippen LogP contribution in [0.4, 0.5) is 18.3 Å². The number of H-pyrrole nitrogens is 1. The minimum atomic E-state index is -4.32. The molecule has 1 atom stereocenters. The first-order valence-electron chi connectivity index (χ1n) is 10.4. The molecule has 4 N–H and O–H groups in total. The Morgan fingerprint density at radius 3 is 2.70 bits per heavy atom. The lowest BCUT2D eigenvalue weighted by atomic mass is 10.0. The summed E-state index contributed by atoms with van der Waals surface area (Å²) in [6.07, 6.45) is -1.30. The predicted molar refractivity (Wildman–Crippen MR) is 124 cm³/mol. The van der Waals surface area contributed by atoms with Gasteiger partial charge >= 0.3 is 6.18 Å². The summed E-state index contributed by atoms with van der Waals surface area (Å²) in [6.45, 7) is 0.887. The van der Waals surface area contributed by atoms with E-state index in [9.17, 15) is 13.2 Å². The van der Waals surface area contributed by atoms with Crippen LogP contribution in [0.2, 0.25) is 0 Å². The van der Waals surface area contributed by atoms with E-state index < -0.39 is 11.7 Å². The number of alkyl halides is 3. The third kappa shape index (κ3) is 5.70. The first-order valence-corrected chi connectivity index (χ1v) is 11.2. The second-order valence-electron chi connectivity index (χ2n) is 7.77. The monoisotopic (exact) mass is 475 g/mol. The fraction of sp³-hybridized carbons (Fsp3) is 0.304. The first-order chi connectivity index (χ1) is 15.8. The molecule has 0 amide bonds. The Labute approximate surface area is 193 Å². The third-order valence-electron chi connectivity index (χ3n) is 5.28. The summed E-state index contributed by atoms with van der Waals surface area (Å²) in [5.41, 5.74) is 9.26. The van der Waals surface area contributed by atoms with Crippen molar-refractivity contribution in [2.45, 2.75) is 31.7 Å². The normalized spacial score (nSPS) is 12.9. The Kier molecular flexibility index (Phi) is 6.96. The molecule has 10 heteroatoms. The summed E-state index contributed by atoms with van der Waals surface area (Å²) < 4.78 is 43.4. The number of benzene rings is 2. The van der Waals surface area contributed by atoms with E-state index in [1.807, 2.05) is 12.1 Å². The molecule has 2 aromatic heterocycles. The van der Waals surface area contributed by atoms with Crippen LogP contribution in [0.1, 0.15) is 23.2 Å². The maximum absolute atomic E-state index is 12.7. The van der Waals surface area contributed by atoms with Crippen molar-refractivity contribution < 1.29 is 17.9 Å². The molecular formula is C23H24F3N5OS. The average molecular weight is 476 g/mol. The highest BCUT2D eigenvalue weighted by atomic mass is 32.1. The molecule has 6 nitrogen and oxygen atoms in total. The minimum absolute atomic E-state index is 0.173. The van der Waals surface area contributed by atoms with Gasteiger partial charge in [0, 0.05) is 25.1 Å². The second-order valence-corrected chi connectivity index (χ2v) is 8.77. The summed E-state index contributed by atoms with van der Waals surface area (Å²) in [6, 6.07) is 11.1. The predicted octanol–water partition coefficient (Wildman–Crippen LogP) is 5.22. The van der Waals surface area contributed by atoms with Gasteiger partial charge in [-0.15, -0.1) is 0 Å². The number of nitrogens with one attached hydrogen (secondary N) is 2. The highest BCUT2D eigenvalue weighted by molar-refractivity contribution is 7.19. The van der Waals surface area contributed by atoms with Gasteiger partial charge in [0.05, 0.1) is 34.5 Å². The maximum atomic E-state index is 12.7. The van der Waals surface area contributed by atoms with Crippen molar-refractivity contribution >= 4 is 27.4 Å². The van der Waals surface area contributed by atoms with Crippen molar-refractivity contribution in [3.63, 3.8) is 0 Å². The Morgan fingerprint density at radius 2 is 1.97 bits per heavy atom. The van der Waals surface area contributed by atoms with Crippen LogP contribution in [-0.2, 0) is 23.9 Å². The van der Waals surface area contributed by atoms with E-state index in [4.69, 9.17) is 10.5 Å². The Bertz CT molecular complexity index is 1200. The van der Waals surface area contributed by atoms with Gasteiger partial charge in [-0.3, -0.25) is 5.10 Å². The van der Waals surface area contributed by atoms with E-state index >= 15 is 0 Å². The summed E-state index contributed by atoms with van der Waals surface area (Å²) in [4.78, 5) is 5.68. The fourth-order valence-corrected chi connectivity index (χ4v) is 4.48. The van der Waals surface area contributed by atoms with E-state index in [1.165, 1.54) is 23.5 Å². The van der Waals surface area contributed by atoms with Gasteiger partial charge in [0.15, 0.2) is 5.13 Å². The Morgan fingerprint density at radius 1 is 1.18 bits per heavy atom. The molecule has 0 radical (unpaired) electrons. The lowest BCUT2D eigenvalue weighted by molar-refractivity contribution is -0.137. The lowest BCUT2D eigenvalue weighted by Gasteiger charge is -2.13. The smallest absolute Gasteiger partial charge is 0.378 e. The van der Waals surface area contributed by atoms with Gasteiger partial charge in [-0.25, -0.2) is 4.98 Å². The number of halogens is 3. The molecule has 0 bridgehead atoms. The molecule has 0 fully saturated rings. The van der Waals surface area contributed by atoms with E-state index in [2.05, 4.69) is 26.6 Å². The Hall–Kier alpha value is -2.95. The zero-order valence-corrected chi connectivity index (χ0v) is 18.8. The largest absolute Gasteiger partial charge is 0.416 e. The van der Waals surface area contributed by atoms with E-state index in [1.54, 1.807) is 13.3 Å². The molecule has 2 heterocycles. The number of thiazole rings is 1. The summed E-state index contributed by atoms with van der Waals surface area (Å²) in [5, 5.41) is 12.1. The number of aryl methyl sites for hydroxylation is 1. The van der Waals surface area contributed by atoms with Crippen molar-refractivity contribution in [1.82, 2.24) is 15.2 Å². The number of methoxy groups -OCH3 is 1. The molecule has 2 aromatic carbocycles. The van der Waals surface area contributed by atoms with Crippen molar-refractivity contribution in [3.8, 4) is 10.4 Å². The number of rotatable bonds is 9. The number of hydrogen-bond donors (Lipinski definition) is 3. The van der Waals surface area contributed by atoms with Crippen LogP contribution >= 0.6 is 11.3 Å². The number of fused-ring (bicyclic) bond motifs is 1. The van der Waals surface area contributed by atoms with E-state index in [0.717, 1.165) is 49.9 Å². The quantitative estimate of drug-likeness (QED) is 0.309. The number of hydrogen-bond acceptors (Lipinski definition) is 6. The zero-order chi connectivity index (χ0) is 23.4. The van der Waals surface area contributed by atoms with Gasteiger partial charge in [-0.2, -0.15) is 18.3 Å². The van der Waals surface area contributed by atoms with Crippen molar-refractivity contribution in [2.75, 3.05) is 19.0 Å². The summed E-state index contributed by atoms with van der Waals surface area (Å²) >= 11 is 1.53. The van der Waals surface area contributed by atoms with Crippen LogP contribution < -0.4 is 11.1 Å². The van der Waals surface area contributed by atoms with Crippen molar-refractivity contribution in [3.05, 3.63) is 65.5 Å². The van der Waals surface area contributed by atoms with Gasteiger partial charge in [0.2, 0.25) is 0 Å². The number of aromatic nitrogens is 3. The van der Waals surface area contributed by atoms with Crippen LogP contribution in [0.15, 0.2) is 48.7 Å². The average Bonchev–Trinajstić information content (AvgIpc) is 3.42. The van der Waals surface area contributed by atoms with Gasteiger partial charge in [-0.1, -0.05) is 29.5 Å². The first kappa shape index (κ1) is 23.2. The molecular weight excluding hydrogens is 451 g/mol. The highest BCUT2D eigenvalue weighted by Crippen LogP contribution is 2.35. The molecule has 174 valence electrons. The Balaban J connectivity index is 1.37. The molecule has 0 saturated carbocycles. The zero-order valence-electron chi connectivity index (χ0n) is 17.9. The maximum Gasteiger partial charge on any atom is 0.416 e. The fourth-order valence-electron chi connectivity index (χ4n) is 3.50. The van der Waals surface area contributed by atoms with Gasteiger partial charge in [-0.05, 0) is 48.2 Å². The van der Waals surface area contributed by atoms with Crippen molar-refractivity contribution in [2.24, 2.45) is 5.73 Å². The molecule has 0 unspecified atom stereocenters.